The first-order chi connectivity index (χ1) is 9.46. The van der Waals surface area contributed by atoms with Gasteiger partial charge in [0.25, 0.3) is 5.60 Å². The fourth-order valence-corrected chi connectivity index (χ4v) is 2.10. The minimum absolute atomic E-state index is 0.378. The number of carbonyl (C=O) groups excluding carboxylic acids is 1. The molecule has 8 nitrogen and oxygen atoms in total. The molecule has 0 rings (SSSR count). The van der Waals surface area contributed by atoms with Gasteiger partial charge in [-0.3, -0.25) is 4.79 Å². The molecule has 6 N–H and O–H groups in total. The van der Waals surface area contributed by atoms with E-state index in [1.54, 1.807) is 6.92 Å². The molecule has 126 valence electrons. The Balaban J connectivity index is 5.37. The normalized spacial score (nSPS) is 14.9. The number of ether oxygens (including phenoxy) is 1. The molecule has 0 aromatic carbocycles. The Morgan fingerprint density at radius 3 is 1.76 bits per heavy atom. The van der Waals surface area contributed by atoms with E-state index in [1.165, 1.54) is 6.92 Å². The van der Waals surface area contributed by atoms with Crippen LogP contribution in [0.25, 0.3) is 0 Å². The Kier molecular flexibility index (Phi) is 7.21. The van der Waals surface area contributed by atoms with Crippen LogP contribution in [-0.2, 0) is 9.53 Å². The molecule has 0 radical (unpaired) electrons. The molecule has 1 atom stereocenters. The zero-order valence-electron chi connectivity index (χ0n) is 12.6. The van der Waals surface area contributed by atoms with E-state index in [0.717, 1.165) is 12.8 Å². The molecule has 0 aliphatic carbocycles. The van der Waals surface area contributed by atoms with Gasteiger partial charge in [0.1, 0.15) is 0 Å². The van der Waals surface area contributed by atoms with Crippen LogP contribution in [0, 0.1) is 5.92 Å². The molecule has 0 aromatic rings. The van der Waals surface area contributed by atoms with Crippen LogP contribution in [0.3, 0.4) is 0 Å². The molecule has 0 bridgehead atoms. The lowest BCUT2D eigenvalue weighted by atomic mass is 9.92. The molecule has 8 heteroatoms. The second-order valence-electron chi connectivity index (χ2n) is 5.12. The molecule has 0 heterocycles. The van der Waals surface area contributed by atoms with Crippen molar-refractivity contribution in [2.45, 2.75) is 70.4 Å². The molecule has 0 amide bonds. The summed E-state index contributed by atoms with van der Waals surface area (Å²) in [5.74, 6) is -9.26. The molecule has 0 aliphatic heterocycles. The maximum Gasteiger partial charge on any atom is 0.326 e. The van der Waals surface area contributed by atoms with Crippen LogP contribution in [0.2, 0.25) is 0 Å². The molecule has 1 unspecified atom stereocenters. The van der Waals surface area contributed by atoms with E-state index >= 15 is 0 Å². The van der Waals surface area contributed by atoms with Crippen LogP contribution in [0.15, 0.2) is 0 Å². The molecule has 0 fully saturated rings. The average molecular weight is 310 g/mol. The monoisotopic (exact) mass is 310 g/mol. The zero-order chi connectivity index (χ0) is 16.9. The van der Waals surface area contributed by atoms with Crippen LogP contribution >= 0.6 is 0 Å². The highest BCUT2D eigenvalue weighted by molar-refractivity contribution is 5.73. The van der Waals surface area contributed by atoms with E-state index in [9.17, 15) is 35.4 Å². The summed E-state index contributed by atoms with van der Waals surface area (Å²) < 4.78 is 4.73. The van der Waals surface area contributed by atoms with Crippen LogP contribution in [-0.4, -0.2) is 54.2 Å². The number of carbonyl (C=O) groups is 1. The lowest BCUT2D eigenvalue weighted by molar-refractivity contribution is -0.493. The van der Waals surface area contributed by atoms with Gasteiger partial charge in [0.2, 0.25) is 0 Å². The van der Waals surface area contributed by atoms with Crippen molar-refractivity contribution in [3.05, 3.63) is 0 Å². The molecule has 0 spiro atoms. The smallest absolute Gasteiger partial charge is 0.326 e. The number of hydrogen-bond acceptors (Lipinski definition) is 8. The van der Waals surface area contributed by atoms with E-state index in [1.807, 2.05) is 6.92 Å². The van der Waals surface area contributed by atoms with Gasteiger partial charge in [-0.1, -0.05) is 33.6 Å². The highest BCUT2D eigenvalue weighted by Crippen LogP contribution is 2.36. The molecule has 0 saturated carbocycles. The number of esters is 1. The van der Waals surface area contributed by atoms with Crippen molar-refractivity contribution in [3.8, 4) is 0 Å². The summed E-state index contributed by atoms with van der Waals surface area (Å²) in [5.41, 5.74) is -3.10. The van der Waals surface area contributed by atoms with Gasteiger partial charge in [-0.05, 0) is 12.8 Å². The summed E-state index contributed by atoms with van der Waals surface area (Å²) in [6.45, 7) is 4.81. The molecular weight excluding hydrogens is 284 g/mol. The number of aliphatic hydroxyl groups is 6. The molecule has 0 aliphatic rings. The van der Waals surface area contributed by atoms with Crippen molar-refractivity contribution in [2.24, 2.45) is 5.92 Å². The van der Waals surface area contributed by atoms with Crippen molar-refractivity contribution < 1.29 is 40.2 Å². The molecule has 0 saturated heterocycles. The van der Waals surface area contributed by atoms with Gasteiger partial charge in [0.15, 0.2) is 0 Å². The Morgan fingerprint density at radius 1 is 1.00 bits per heavy atom. The van der Waals surface area contributed by atoms with Gasteiger partial charge in [0.05, 0.1) is 5.92 Å². The Labute approximate surface area is 123 Å². The predicted octanol–water partition coefficient (Wildman–Crippen LogP) is -0.844. The molecular formula is C13H26O8. The van der Waals surface area contributed by atoms with E-state index < -0.39 is 35.9 Å². The third kappa shape index (κ3) is 4.60. The summed E-state index contributed by atoms with van der Waals surface area (Å²) in [4.78, 5) is 12.1. The third-order valence-electron chi connectivity index (χ3n) is 3.59. The Bertz CT molecular complexity index is 314. The first-order valence-electron chi connectivity index (χ1n) is 7.03. The van der Waals surface area contributed by atoms with E-state index in [4.69, 9.17) is 4.74 Å². The predicted molar refractivity (Wildman–Crippen MR) is 71.2 cm³/mol. The molecule has 0 aromatic heterocycles. The highest BCUT2D eigenvalue weighted by Gasteiger charge is 2.65. The van der Waals surface area contributed by atoms with Crippen molar-refractivity contribution in [2.75, 3.05) is 0 Å². The first-order valence-corrected chi connectivity index (χ1v) is 7.03. The van der Waals surface area contributed by atoms with Crippen molar-refractivity contribution >= 4 is 5.97 Å². The summed E-state index contributed by atoms with van der Waals surface area (Å²) in [7, 11) is 0. The fourth-order valence-electron chi connectivity index (χ4n) is 2.10. The van der Waals surface area contributed by atoms with Crippen molar-refractivity contribution in [1.29, 1.82) is 0 Å². The minimum atomic E-state index is -3.83. The second-order valence-corrected chi connectivity index (χ2v) is 5.12. The quantitative estimate of drug-likeness (QED) is 0.238. The fraction of sp³-hybridized carbons (Fsp3) is 0.923. The standard InChI is InChI=1S/C13H26O8/c1-4-7-8-9(5-2)10(14)21-11(6-3,12(15,16)17)13(18,19)20/h9,15-20H,4-8H2,1-3H3. The summed E-state index contributed by atoms with van der Waals surface area (Å²) in [5, 5.41) is 55.8. The van der Waals surface area contributed by atoms with Gasteiger partial charge in [-0.15, -0.1) is 0 Å². The molecule has 21 heavy (non-hydrogen) atoms. The largest absolute Gasteiger partial charge is 0.441 e. The van der Waals surface area contributed by atoms with Crippen LogP contribution in [0.1, 0.15) is 52.9 Å². The maximum absolute atomic E-state index is 12.1. The summed E-state index contributed by atoms with van der Waals surface area (Å²) >= 11 is 0. The van der Waals surface area contributed by atoms with Gasteiger partial charge in [-0.2, -0.15) is 0 Å². The number of unbranched alkanes of at least 4 members (excludes halogenated alkanes) is 1. The average Bonchev–Trinajstić information content (AvgIpc) is 2.33. The van der Waals surface area contributed by atoms with E-state index in [2.05, 4.69) is 0 Å². The van der Waals surface area contributed by atoms with Gasteiger partial charge >= 0.3 is 17.9 Å². The van der Waals surface area contributed by atoms with Gasteiger partial charge in [0, 0.05) is 6.42 Å². The highest BCUT2D eigenvalue weighted by atomic mass is 16.8. The summed E-state index contributed by atoms with van der Waals surface area (Å²) in [6, 6.07) is 0. The third-order valence-corrected chi connectivity index (χ3v) is 3.59. The zero-order valence-corrected chi connectivity index (χ0v) is 12.6. The van der Waals surface area contributed by atoms with Crippen LogP contribution < -0.4 is 0 Å². The summed E-state index contributed by atoms with van der Waals surface area (Å²) in [6.07, 6.45) is 1.73. The number of rotatable bonds is 9. The maximum atomic E-state index is 12.1. The van der Waals surface area contributed by atoms with Crippen LogP contribution in [0.5, 0.6) is 0 Å². The van der Waals surface area contributed by atoms with E-state index in [-0.39, 0.29) is 0 Å². The Hall–Kier alpha value is -0.770. The number of hydrogen-bond donors (Lipinski definition) is 6. The lowest BCUT2D eigenvalue weighted by Crippen LogP contribution is -2.70. The van der Waals surface area contributed by atoms with Crippen molar-refractivity contribution in [1.82, 2.24) is 0 Å². The van der Waals surface area contributed by atoms with Crippen molar-refractivity contribution in [3.63, 3.8) is 0 Å². The van der Waals surface area contributed by atoms with Crippen LogP contribution in [0.4, 0.5) is 0 Å². The van der Waals surface area contributed by atoms with Gasteiger partial charge < -0.3 is 35.4 Å². The minimum Gasteiger partial charge on any atom is -0.441 e. The van der Waals surface area contributed by atoms with Gasteiger partial charge in [-0.25, -0.2) is 0 Å². The SMILES string of the molecule is CCCCC(CC)C(=O)OC(CC)(C(O)(O)O)C(O)(O)O. The Morgan fingerprint density at radius 2 is 1.48 bits per heavy atom. The van der Waals surface area contributed by atoms with E-state index in [0.29, 0.717) is 12.8 Å². The second kappa shape index (κ2) is 7.48. The lowest BCUT2D eigenvalue weighted by Gasteiger charge is -2.43. The topological polar surface area (TPSA) is 148 Å². The first kappa shape index (κ1) is 20.2.